The number of rotatable bonds is 4. The van der Waals surface area contributed by atoms with E-state index in [0.29, 0.717) is 24.0 Å². The number of likely N-dealkylation sites (tertiary alicyclic amines) is 1. The summed E-state index contributed by atoms with van der Waals surface area (Å²) >= 11 is 0. The van der Waals surface area contributed by atoms with Crippen molar-refractivity contribution in [1.82, 2.24) is 14.9 Å². The van der Waals surface area contributed by atoms with Crippen LogP contribution >= 0.6 is 0 Å². The van der Waals surface area contributed by atoms with E-state index in [4.69, 9.17) is 15.2 Å². The first kappa shape index (κ1) is 14.8. The second-order valence-corrected chi connectivity index (χ2v) is 5.85. The summed E-state index contributed by atoms with van der Waals surface area (Å²) in [5.74, 6) is 2.27. The van der Waals surface area contributed by atoms with Gasteiger partial charge in [-0.05, 0) is 45.0 Å². The topological polar surface area (TPSA) is 73.5 Å². The van der Waals surface area contributed by atoms with Gasteiger partial charge in [-0.1, -0.05) is 0 Å². The zero-order valence-corrected chi connectivity index (χ0v) is 13.1. The number of aromatic nitrogens is 2. The van der Waals surface area contributed by atoms with E-state index in [0.717, 1.165) is 24.0 Å². The van der Waals surface area contributed by atoms with Crippen LogP contribution in [0.2, 0.25) is 0 Å². The van der Waals surface area contributed by atoms with E-state index in [2.05, 4.69) is 21.9 Å². The summed E-state index contributed by atoms with van der Waals surface area (Å²) in [5, 5.41) is 0.887. The Hall–Kier alpha value is -2.08. The molecule has 118 valence electrons. The zero-order chi connectivity index (χ0) is 15.5. The smallest absolute Gasteiger partial charge is 0.220 e. The second-order valence-electron chi connectivity index (χ2n) is 5.85. The molecule has 1 fully saturated rings. The van der Waals surface area contributed by atoms with Crippen molar-refractivity contribution in [2.24, 2.45) is 5.92 Å². The van der Waals surface area contributed by atoms with Crippen molar-refractivity contribution in [2.45, 2.75) is 12.8 Å². The molecule has 0 aliphatic carbocycles. The minimum atomic E-state index is 0.263. The number of fused-ring (bicyclic) bond motifs is 1. The Morgan fingerprint density at radius 2 is 2.05 bits per heavy atom. The lowest BCUT2D eigenvalue weighted by Gasteiger charge is -2.28. The van der Waals surface area contributed by atoms with Crippen molar-refractivity contribution in [3.63, 3.8) is 0 Å². The van der Waals surface area contributed by atoms with E-state index in [1.54, 1.807) is 13.3 Å². The highest BCUT2D eigenvalue weighted by Gasteiger charge is 2.18. The summed E-state index contributed by atoms with van der Waals surface area (Å²) in [7, 11) is 3.80. The Balaban J connectivity index is 1.76. The molecule has 2 N–H and O–H groups in total. The summed E-state index contributed by atoms with van der Waals surface area (Å²) in [6, 6.07) is 3.76. The van der Waals surface area contributed by atoms with E-state index in [1.807, 2.05) is 12.1 Å². The van der Waals surface area contributed by atoms with Crippen molar-refractivity contribution in [3.8, 4) is 11.5 Å². The third kappa shape index (κ3) is 3.22. The van der Waals surface area contributed by atoms with Crippen LogP contribution in [0, 0.1) is 5.92 Å². The Labute approximate surface area is 130 Å². The summed E-state index contributed by atoms with van der Waals surface area (Å²) in [4.78, 5) is 10.6. The Morgan fingerprint density at radius 3 is 2.77 bits per heavy atom. The standard InChI is InChI=1S/C16H22N4O2/c1-20-5-3-11(4-6-20)10-22-15-8-13-12(7-14(15)21-2)9-18-16(17)19-13/h7-9,11H,3-6,10H2,1-2H3,(H2,17,18,19). The maximum atomic E-state index is 6.01. The van der Waals surface area contributed by atoms with Crippen LogP contribution in [0.5, 0.6) is 11.5 Å². The van der Waals surface area contributed by atoms with Crippen LogP contribution in [-0.4, -0.2) is 48.7 Å². The minimum Gasteiger partial charge on any atom is -0.493 e. The second kappa shape index (κ2) is 6.36. The van der Waals surface area contributed by atoms with Gasteiger partial charge in [0.2, 0.25) is 5.95 Å². The maximum Gasteiger partial charge on any atom is 0.220 e. The van der Waals surface area contributed by atoms with Gasteiger partial charge in [-0.15, -0.1) is 0 Å². The molecule has 0 bridgehead atoms. The molecule has 0 unspecified atom stereocenters. The van der Waals surface area contributed by atoms with Crippen LogP contribution in [0.3, 0.4) is 0 Å². The first-order valence-corrected chi connectivity index (χ1v) is 7.57. The largest absolute Gasteiger partial charge is 0.493 e. The molecule has 6 nitrogen and oxygen atoms in total. The first-order chi connectivity index (χ1) is 10.7. The van der Waals surface area contributed by atoms with E-state index < -0.39 is 0 Å². The number of nitrogens with two attached hydrogens (primary N) is 1. The number of benzene rings is 1. The number of nitrogen functional groups attached to an aromatic ring is 1. The lowest BCUT2D eigenvalue weighted by Crippen LogP contribution is -2.32. The SMILES string of the molecule is COc1cc2cnc(N)nc2cc1OCC1CCN(C)CC1. The van der Waals surface area contributed by atoms with E-state index in [1.165, 1.54) is 12.8 Å². The van der Waals surface area contributed by atoms with Gasteiger partial charge in [0, 0.05) is 17.6 Å². The average molecular weight is 302 g/mol. The van der Waals surface area contributed by atoms with Crippen molar-refractivity contribution >= 4 is 16.9 Å². The monoisotopic (exact) mass is 302 g/mol. The molecule has 1 aromatic heterocycles. The third-order valence-electron chi connectivity index (χ3n) is 4.20. The van der Waals surface area contributed by atoms with Gasteiger partial charge in [0.1, 0.15) is 0 Å². The quantitative estimate of drug-likeness (QED) is 0.930. The molecule has 22 heavy (non-hydrogen) atoms. The average Bonchev–Trinajstić information content (AvgIpc) is 2.53. The van der Waals surface area contributed by atoms with Crippen LogP contribution < -0.4 is 15.2 Å². The normalized spacial score (nSPS) is 16.8. The highest BCUT2D eigenvalue weighted by atomic mass is 16.5. The number of ether oxygens (including phenoxy) is 2. The maximum absolute atomic E-state index is 6.01. The summed E-state index contributed by atoms with van der Waals surface area (Å²) in [5.41, 5.74) is 6.42. The summed E-state index contributed by atoms with van der Waals surface area (Å²) in [6.45, 7) is 2.97. The minimum absolute atomic E-state index is 0.263. The van der Waals surface area contributed by atoms with E-state index in [-0.39, 0.29) is 5.95 Å². The molecule has 3 rings (SSSR count). The fraction of sp³-hybridized carbons (Fsp3) is 0.500. The lowest BCUT2D eigenvalue weighted by atomic mass is 9.98. The van der Waals surface area contributed by atoms with Crippen molar-refractivity contribution in [3.05, 3.63) is 18.3 Å². The zero-order valence-electron chi connectivity index (χ0n) is 13.1. The van der Waals surface area contributed by atoms with Gasteiger partial charge in [-0.2, -0.15) is 0 Å². The summed E-state index contributed by atoms with van der Waals surface area (Å²) in [6.07, 6.45) is 4.03. The molecule has 2 aromatic rings. The van der Waals surface area contributed by atoms with Crippen molar-refractivity contribution in [1.29, 1.82) is 0 Å². The van der Waals surface area contributed by atoms with Gasteiger partial charge in [0.05, 0.1) is 19.2 Å². The van der Waals surface area contributed by atoms with Crippen LogP contribution in [0.25, 0.3) is 10.9 Å². The molecule has 1 aromatic carbocycles. The highest BCUT2D eigenvalue weighted by molar-refractivity contribution is 5.82. The number of nitrogens with zero attached hydrogens (tertiary/aromatic N) is 3. The number of hydrogen-bond acceptors (Lipinski definition) is 6. The fourth-order valence-electron chi connectivity index (χ4n) is 2.76. The van der Waals surface area contributed by atoms with Crippen LogP contribution in [0.15, 0.2) is 18.3 Å². The van der Waals surface area contributed by atoms with Gasteiger partial charge in [-0.3, -0.25) is 0 Å². The Morgan fingerprint density at radius 1 is 1.27 bits per heavy atom. The Kier molecular flexibility index (Phi) is 4.29. The number of anilines is 1. The Bertz CT molecular complexity index is 654. The molecule has 2 heterocycles. The van der Waals surface area contributed by atoms with Crippen molar-refractivity contribution < 1.29 is 9.47 Å². The molecule has 1 aliphatic rings. The third-order valence-corrected chi connectivity index (χ3v) is 4.20. The predicted octanol–water partition coefficient (Wildman–Crippen LogP) is 1.94. The molecule has 1 aliphatic heterocycles. The van der Waals surface area contributed by atoms with Gasteiger partial charge >= 0.3 is 0 Å². The van der Waals surface area contributed by atoms with Gasteiger partial charge in [0.25, 0.3) is 0 Å². The van der Waals surface area contributed by atoms with Crippen LogP contribution in [0.4, 0.5) is 5.95 Å². The molecule has 6 heteroatoms. The molecule has 0 radical (unpaired) electrons. The van der Waals surface area contributed by atoms with E-state index in [9.17, 15) is 0 Å². The molecule has 0 saturated carbocycles. The van der Waals surface area contributed by atoms with E-state index >= 15 is 0 Å². The fourth-order valence-corrected chi connectivity index (χ4v) is 2.76. The first-order valence-electron chi connectivity index (χ1n) is 7.57. The summed E-state index contributed by atoms with van der Waals surface area (Å²) < 4.78 is 11.4. The molecule has 0 spiro atoms. The van der Waals surface area contributed by atoms with Gasteiger partial charge in [0.15, 0.2) is 11.5 Å². The molecular formula is C16H22N4O2. The van der Waals surface area contributed by atoms with Crippen molar-refractivity contribution in [2.75, 3.05) is 39.6 Å². The van der Waals surface area contributed by atoms with Crippen LogP contribution in [0.1, 0.15) is 12.8 Å². The molecule has 0 amide bonds. The van der Waals surface area contributed by atoms with Gasteiger partial charge in [-0.25, -0.2) is 9.97 Å². The molecule has 1 saturated heterocycles. The highest BCUT2D eigenvalue weighted by Crippen LogP contribution is 2.32. The number of methoxy groups -OCH3 is 1. The number of piperidine rings is 1. The number of hydrogen-bond donors (Lipinski definition) is 1. The lowest BCUT2D eigenvalue weighted by molar-refractivity contribution is 0.157. The molecular weight excluding hydrogens is 280 g/mol. The predicted molar refractivity (Wildman–Crippen MR) is 86.2 cm³/mol. The molecule has 0 atom stereocenters. The van der Waals surface area contributed by atoms with Gasteiger partial charge < -0.3 is 20.1 Å². The van der Waals surface area contributed by atoms with Crippen LogP contribution in [-0.2, 0) is 0 Å².